The van der Waals surface area contributed by atoms with Crippen LogP contribution in [0.5, 0.6) is 0 Å². The van der Waals surface area contributed by atoms with Crippen molar-refractivity contribution in [1.29, 1.82) is 0 Å². The van der Waals surface area contributed by atoms with Crippen LogP contribution < -0.4 is 4.72 Å². The van der Waals surface area contributed by atoms with Crippen molar-refractivity contribution in [3.05, 3.63) is 41.5 Å². The van der Waals surface area contributed by atoms with E-state index < -0.39 is 10.0 Å². The van der Waals surface area contributed by atoms with Gasteiger partial charge in [-0.2, -0.15) is 4.98 Å². The Kier molecular flexibility index (Phi) is 4.74. The van der Waals surface area contributed by atoms with Crippen LogP contribution in [0, 0.1) is 6.92 Å². The Morgan fingerprint density at radius 1 is 1.30 bits per heavy atom. The van der Waals surface area contributed by atoms with Crippen LogP contribution in [0.15, 0.2) is 33.7 Å². The van der Waals surface area contributed by atoms with Gasteiger partial charge in [-0.15, -0.1) is 11.6 Å². The lowest BCUT2D eigenvalue weighted by atomic mass is 10.2. The summed E-state index contributed by atoms with van der Waals surface area (Å²) in [6.45, 7) is 1.63. The Morgan fingerprint density at radius 3 is 2.55 bits per heavy atom. The molecule has 2 aromatic rings. The molecule has 0 radical (unpaired) electrons. The number of alkyl halides is 1. The van der Waals surface area contributed by atoms with Crippen molar-refractivity contribution in [2.75, 3.05) is 5.88 Å². The van der Waals surface area contributed by atoms with Crippen LogP contribution >= 0.6 is 11.6 Å². The van der Waals surface area contributed by atoms with Crippen molar-refractivity contribution in [3.8, 4) is 0 Å². The molecule has 0 atom stereocenters. The molecule has 0 aliphatic rings. The largest absolute Gasteiger partial charge is 0.340 e. The number of sulfonamides is 1. The van der Waals surface area contributed by atoms with Crippen LogP contribution in [0.3, 0.4) is 0 Å². The van der Waals surface area contributed by atoms with Crippen LogP contribution in [0.2, 0.25) is 0 Å². The van der Waals surface area contributed by atoms with Crippen LogP contribution in [-0.2, 0) is 23.0 Å². The molecule has 8 heteroatoms. The Balaban J connectivity index is 2.05. The van der Waals surface area contributed by atoms with Gasteiger partial charge in [0.2, 0.25) is 15.9 Å². The highest BCUT2D eigenvalue weighted by Crippen LogP contribution is 2.11. The minimum Gasteiger partial charge on any atom is -0.340 e. The molecule has 0 saturated heterocycles. The number of aryl methyl sites for hydroxylation is 2. The van der Waals surface area contributed by atoms with E-state index in [2.05, 4.69) is 14.9 Å². The third-order valence-corrected chi connectivity index (χ3v) is 4.21. The number of aromatic nitrogens is 2. The van der Waals surface area contributed by atoms with Gasteiger partial charge in [-0.25, -0.2) is 13.1 Å². The molecule has 20 heavy (non-hydrogen) atoms. The summed E-state index contributed by atoms with van der Waals surface area (Å²) in [7, 11) is -3.59. The Bertz CT molecular complexity index is 668. The van der Waals surface area contributed by atoms with Gasteiger partial charge in [-0.05, 0) is 24.1 Å². The van der Waals surface area contributed by atoms with Gasteiger partial charge >= 0.3 is 0 Å². The fraction of sp³-hybridized carbons (Fsp3) is 0.333. The van der Waals surface area contributed by atoms with Gasteiger partial charge in [-0.1, -0.05) is 17.3 Å². The highest BCUT2D eigenvalue weighted by molar-refractivity contribution is 7.89. The molecule has 6 nitrogen and oxygen atoms in total. The highest BCUT2D eigenvalue weighted by Gasteiger charge is 2.15. The summed E-state index contributed by atoms with van der Waals surface area (Å²) in [5.74, 6) is 1.19. The molecule has 0 spiro atoms. The van der Waals surface area contributed by atoms with E-state index in [-0.39, 0.29) is 11.4 Å². The zero-order chi connectivity index (χ0) is 14.6. The summed E-state index contributed by atoms with van der Waals surface area (Å²) in [5, 5.41) is 3.62. The lowest BCUT2D eigenvalue weighted by Crippen LogP contribution is -2.23. The van der Waals surface area contributed by atoms with E-state index in [1.165, 1.54) is 0 Å². The number of benzene rings is 1. The molecule has 1 N–H and O–H groups in total. The predicted octanol–water partition coefficient (Wildman–Crippen LogP) is 1.64. The van der Waals surface area contributed by atoms with Crippen molar-refractivity contribution in [1.82, 2.24) is 14.9 Å². The van der Waals surface area contributed by atoms with Crippen LogP contribution in [0.25, 0.3) is 0 Å². The quantitative estimate of drug-likeness (QED) is 0.819. The minimum absolute atomic E-state index is 0.0108. The molecule has 0 unspecified atom stereocenters. The molecule has 2 rings (SSSR count). The maximum atomic E-state index is 12.1. The first-order valence-electron chi connectivity index (χ1n) is 5.95. The number of hydrogen-bond donors (Lipinski definition) is 1. The second-order valence-corrected chi connectivity index (χ2v) is 6.28. The average Bonchev–Trinajstić information content (AvgIpc) is 2.84. The van der Waals surface area contributed by atoms with Crippen molar-refractivity contribution in [2.24, 2.45) is 0 Å². The summed E-state index contributed by atoms with van der Waals surface area (Å²) in [6, 6.07) is 6.59. The molecule has 0 fully saturated rings. The summed E-state index contributed by atoms with van der Waals surface area (Å²) < 4.78 is 31.3. The van der Waals surface area contributed by atoms with Crippen molar-refractivity contribution < 1.29 is 12.9 Å². The summed E-state index contributed by atoms with van der Waals surface area (Å²) in [4.78, 5) is 4.12. The van der Waals surface area contributed by atoms with E-state index in [0.29, 0.717) is 24.0 Å². The normalized spacial score (nSPS) is 11.7. The molecule has 0 aliphatic carbocycles. The first-order valence-corrected chi connectivity index (χ1v) is 7.97. The molecule has 108 valence electrons. The second kappa shape index (κ2) is 6.34. The average molecular weight is 316 g/mol. The zero-order valence-corrected chi connectivity index (χ0v) is 12.4. The number of halogens is 1. The fourth-order valence-corrected chi connectivity index (χ4v) is 2.80. The Hall–Kier alpha value is -1.44. The summed E-state index contributed by atoms with van der Waals surface area (Å²) in [5.41, 5.74) is 0.993. The van der Waals surface area contributed by atoms with Gasteiger partial charge in [0.25, 0.3) is 0 Å². The molecular weight excluding hydrogens is 302 g/mol. The molecule has 0 bridgehead atoms. The fourth-order valence-electron chi connectivity index (χ4n) is 1.60. The van der Waals surface area contributed by atoms with Crippen LogP contribution in [0.4, 0.5) is 0 Å². The van der Waals surface area contributed by atoms with Gasteiger partial charge in [0.15, 0.2) is 5.82 Å². The van der Waals surface area contributed by atoms with Crippen molar-refractivity contribution >= 4 is 21.6 Å². The zero-order valence-electron chi connectivity index (χ0n) is 10.8. The van der Waals surface area contributed by atoms with Crippen molar-refractivity contribution in [2.45, 2.75) is 24.8 Å². The van der Waals surface area contributed by atoms with Gasteiger partial charge in [0.1, 0.15) is 0 Å². The SMILES string of the molecule is Cc1nc(CNS(=O)(=O)c2ccc(CCCl)cc2)no1. The molecule has 0 aliphatic heterocycles. The lowest BCUT2D eigenvalue weighted by Gasteiger charge is -2.05. The van der Waals surface area contributed by atoms with Crippen LogP contribution in [0.1, 0.15) is 17.3 Å². The smallest absolute Gasteiger partial charge is 0.240 e. The molecule has 0 amide bonds. The van der Waals surface area contributed by atoms with E-state index in [1.54, 1.807) is 31.2 Å². The monoisotopic (exact) mass is 315 g/mol. The van der Waals surface area contributed by atoms with Gasteiger partial charge in [0, 0.05) is 12.8 Å². The number of rotatable bonds is 6. The molecule has 0 saturated carbocycles. The molecule has 1 aromatic heterocycles. The minimum atomic E-state index is -3.59. The summed E-state index contributed by atoms with van der Waals surface area (Å²) in [6.07, 6.45) is 0.706. The van der Waals surface area contributed by atoms with E-state index in [0.717, 1.165) is 5.56 Å². The van der Waals surface area contributed by atoms with E-state index in [9.17, 15) is 8.42 Å². The predicted molar refractivity (Wildman–Crippen MR) is 73.9 cm³/mol. The maximum Gasteiger partial charge on any atom is 0.240 e. The van der Waals surface area contributed by atoms with Crippen LogP contribution in [-0.4, -0.2) is 24.4 Å². The lowest BCUT2D eigenvalue weighted by molar-refractivity contribution is 0.387. The number of nitrogens with one attached hydrogen (secondary N) is 1. The van der Waals surface area contributed by atoms with Gasteiger partial charge in [0.05, 0.1) is 11.4 Å². The first-order chi connectivity index (χ1) is 9.51. The third-order valence-electron chi connectivity index (χ3n) is 2.61. The Labute approximate surface area is 122 Å². The van der Waals surface area contributed by atoms with E-state index >= 15 is 0 Å². The summed E-state index contributed by atoms with van der Waals surface area (Å²) >= 11 is 5.63. The molecule has 1 heterocycles. The number of nitrogens with zero attached hydrogens (tertiary/aromatic N) is 2. The van der Waals surface area contributed by atoms with Gasteiger partial charge < -0.3 is 4.52 Å². The third kappa shape index (κ3) is 3.78. The highest BCUT2D eigenvalue weighted by atomic mass is 35.5. The number of hydrogen-bond acceptors (Lipinski definition) is 5. The first kappa shape index (κ1) is 15.0. The molecule has 1 aromatic carbocycles. The second-order valence-electron chi connectivity index (χ2n) is 4.14. The molecular formula is C12H14ClN3O3S. The Morgan fingerprint density at radius 2 is 2.00 bits per heavy atom. The van der Waals surface area contributed by atoms with E-state index in [4.69, 9.17) is 16.1 Å². The van der Waals surface area contributed by atoms with Crippen molar-refractivity contribution in [3.63, 3.8) is 0 Å². The van der Waals surface area contributed by atoms with Gasteiger partial charge in [-0.3, -0.25) is 0 Å². The standard InChI is InChI=1S/C12H14ClN3O3S/c1-9-15-12(16-19-9)8-14-20(17,18)11-4-2-10(3-5-11)6-7-13/h2-5,14H,6-8H2,1H3. The topological polar surface area (TPSA) is 85.1 Å². The van der Waals surface area contributed by atoms with E-state index in [1.807, 2.05) is 0 Å². The maximum absolute atomic E-state index is 12.1.